The molecule has 4 rings (SSSR count). The van der Waals surface area contributed by atoms with E-state index in [4.69, 9.17) is 11.6 Å². The topological polar surface area (TPSA) is 50.2 Å². The van der Waals surface area contributed by atoms with Gasteiger partial charge >= 0.3 is 0 Å². The number of likely N-dealkylation sites (tertiary alicyclic amines) is 1. The van der Waals surface area contributed by atoms with E-state index in [1.54, 1.807) is 10.9 Å². The van der Waals surface area contributed by atoms with E-state index < -0.39 is 0 Å². The maximum absolute atomic E-state index is 12.5. The molecule has 1 aromatic heterocycles. The first-order valence-electron chi connectivity index (χ1n) is 8.54. The Morgan fingerprint density at radius 3 is 2.50 bits per heavy atom. The summed E-state index contributed by atoms with van der Waals surface area (Å²) in [5.41, 5.74) is 1.65. The zero-order valence-electron chi connectivity index (χ0n) is 13.5. The SMILES string of the molecule is O=C(Nc1cnn(-c2ccc(Cl)cc2)c1)C1CCN(C2CC2)CC1. The molecule has 0 spiro atoms. The highest BCUT2D eigenvalue weighted by molar-refractivity contribution is 6.30. The zero-order chi connectivity index (χ0) is 16.5. The molecule has 1 aromatic carbocycles. The summed E-state index contributed by atoms with van der Waals surface area (Å²) in [6, 6.07) is 8.24. The van der Waals surface area contributed by atoms with Crippen molar-refractivity contribution in [1.82, 2.24) is 14.7 Å². The molecule has 24 heavy (non-hydrogen) atoms. The van der Waals surface area contributed by atoms with Crippen LogP contribution in [0.25, 0.3) is 5.69 Å². The van der Waals surface area contributed by atoms with E-state index in [0.717, 1.165) is 43.3 Å². The van der Waals surface area contributed by atoms with Crippen LogP contribution < -0.4 is 5.32 Å². The standard InChI is InChI=1S/C18H21ClN4O/c19-14-1-3-17(4-2-14)23-12-15(11-20-23)21-18(24)13-7-9-22(10-8-13)16-5-6-16/h1-4,11-13,16H,5-10H2,(H,21,24). The van der Waals surface area contributed by atoms with Gasteiger partial charge in [-0.05, 0) is 63.0 Å². The van der Waals surface area contributed by atoms with E-state index in [9.17, 15) is 4.79 Å². The van der Waals surface area contributed by atoms with E-state index >= 15 is 0 Å². The Labute approximate surface area is 146 Å². The van der Waals surface area contributed by atoms with Gasteiger partial charge in [0.25, 0.3) is 0 Å². The molecule has 5 nitrogen and oxygen atoms in total. The number of benzene rings is 1. The fraction of sp³-hybridized carbons (Fsp3) is 0.444. The number of piperidine rings is 1. The molecule has 1 aliphatic heterocycles. The number of carbonyl (C=O) groups excluding carboxylic acids is 1. The first kappa shape index (κ1) is 15.7. The van der Waals surface area contributed by atoms with Gasteiger partial charge in [-0.15, -0.1) is 0 Å². The van der Waals surface area contributed by atoms with E-state index in [0.29, 0.717) is 5.02 Å². The number of halogens is 1. The van der Waals surface area contributed by atoms with Crippen LogP contribution in [0.4, 0.5) is 5.69 Å². The Balaban J connectivity index is 1.35. The van der Waals surface area contributed by atoms with Gasteiger partial charge in [0.05, 0.1) is 23.8 Å². The van der Waals surface area contributed by atoms with Gasteiger partial charge in [-0.25, -0.2) is 4.68 Å². The number of nitrogens with one attached hydrogen (secondary N) is 1. The maximum atomic E-state index is 12.5. The van der Waals surface area contributed by atoms with E-state index in [2.05, 4.69) is 15.3 Å². The Hall–Kier alpha value is -1.85. The van der Waals surface area contributed by atoms with Crippen molar-refractivity contribution in [3.63, 3.8) is 0 Å². The van der Waals surface area contributed by atoms with Crippen LogP contribution in [-0.4, -0.2) is 39.7 Å². The van der Waals surface area contributed by atoms with Crippen LogP contribution in [0.15, 0.2) is 36.7 Å². The molecule has 1 saturated heterocycles. The van der Waals surface area contributed by atoms with Gasteiger partial charge in [0.1, 0.15) is 0 Å². The predicted molar refractivity (Wildman–Crippen MR) is 94.5 cm³/mol. The molecule has 2 heterocycles. The molecule has 1 aliphatic carbocycles. The quantitative estimate of drug-likeness (QED) is 0.925. The Morgan fingerprint density at radius 1 is 1.12 bits per heavy atom. The van der Waals surface area contributed by atoms with E-state index in [-0.39, 0.29) is 11.8 Å². The highest BCUT2D eigenvalue weighted by Gasteiger charge is 2.33. The lowest BCUT2D eigenvalue weighted by atomic mass is 9.96. The van der Waals surface area contributed by atoms with Gasteiger partial charge in [0.15, 0.2) is 0 Å². The zero-order valence-corrected chi connectivity index (χ0v) is 14.2. The summed E-state index contributed by atoms with van der Waals surface area (Å²) in [5, 5.41) is 8.01. The lowest BCUT2D eigenvalue weighted by Crippen LogP contribution is -2.39. The third kappa shape index (κ3) is 3.47. The van der Waals surface area contributed by atoms with Crippen LogP contribution >= 0.6 is 11.6 Å². The first-order valence-corrected chi connectivity index (χ1v) is 8.92. The number of hydrogen-bond donors (Lipinski definition) is 1. The Bertz CT molecular complexity index is 715. The van der Waals surface area contributed by atoms with Crippen molar-refractivity contribution in [2.24, 2.45) is 5.92 Å². The minimum absolute atomic E-state index is 0.110. The highest BCUT2D eigenvalue weighted by atomic mass is 35.5. The van der Waals surface area contributed by atoms with Crippen molar-refractivity contribution in [2.75, 3.05) is 18.4 Å². The summed E-state index contributed by atoms with van der Waals surface area (Å²) < 4.78 is 1.74. The minimum Gasteiger partial charge on any atom is -0.323 e. The maximum Gasteiger partial charge on any atom is 0.227 e. The molecule has 1 amide bonds. The van der Waals surface area contributed by atoms with Crippen molar-refractivity contribution in [2.45, 2.75) is 31.7 Å². The van der Waals surface area contributed by atoms with Gasteiger partial charge < -0.3 is 10.2 Å². The van der Waals surface area contributed by atoms with Crippen molar-refractivity contribution < 1.29 is 4.79 Å². The first-order chi connectivity index (χ1) is 11.7. The van der Waals surface area contributed by atoms with Crippen LogP contribution in [0.3, 0.4) is 0 Å². The number of hydrogen-bond acceptors (Lipinski definition) is 3. The van der Waals surface area contributed by atoms with Crippen LogP contribution in [-0.2, 0) is 4.79 Å². The van der Waals surface area contributed by atoms with Gasteiger partial charge in [-0.1, -0.05) is 11.6 Å². The summed E-state index contributed by atoms with van der Waals surface area (Å²) in [6.45, 7) is 2.10. The third-order valence-corrected chi connectivity index (χ3v) is 5.16. The van der Waals surface area contributed by atoms with Gasteiger partial charge in [-0.2, -0.15) is 5.10 Å². The van der Waals surface area contributed by atoms with Crippen molar-refractivity contribution in [3.8, 4) is 5.69 Å². The fourth-order valence-electron chi connectivity index (χ4n) is 3.33. The molecule has 0 bridgehead atoms. The van der Waals surface area contributed by atoms with Gasteiger partial charge in [0, 0.05) is 17.0 Å². The lowest BCUT2D eigenvalue weighted by Gasteiger charge is -2.31. The smallest absolute Gasteiger partial charge is 0.227 e. The molecule has 1 saturated carbocycles. The average molecular weight is 345 g/mol. The van der Waals surface area contributed by atoms with E-state index in [1.165, 1.54) is 12.8 Å². The molecule has 2 fully saturated rings. The monoisotopic (exact) mass is 344 g/mol. The molecule has 126 valence electrons. The van der Waals surface area contributed by atoms with Gasteiger partial charge in [0.2, 0.25) is 5.91 Å². The molecule has 6 heteroatoms. The van der Waals surface area contributed by atoms with Crippen molar-refractivity contribution >= 4 is 23.2 Å². The largest absolute Gasteiger partial charge is 0.323 e. The molecule has 2 aliphatic rings. The average Bonchev–Trinajstić information content (AvgIpc) is 3.35. The summed E-state index contributed by atoms with van der Waals surface area (Å²) in [7, 11) is 0. The summed E-state index contributed by atoms with van der Waals surface area (Å²) in [6.07, 6.45) is 8.09. The number of nitrogens with zero attached hydrogens (tertiary/aromatic N) is 3. The number of carbonyl (C=O) groups is 1. The molecule has 0 atom stereocenters. The van der Waals surface area contributed by atoms with Crippen LogP contribution in [0.5, 0.6) is 0 Å². The lowest BCUT2D eigenvalue weighted by molar-refractivity contribution is -0.121. The number of rotatable bonds is 4. The summed E-state index contributed by atoms with van der Waals surface area (Å²) in [5.74, 6) is 0.222. The predicted octanol–water partition coefficient (Wildman–Crippen LogP) is 3.34. The molecule has 0 radical (unpaired) electrons. The van der Waals surface area contributed by atoms with Crippen molar-refractivity contribution in [3.05, 3.63) is 41.7 Å². The van der Waals surface area contributed by atoms with Gasteiger partial charge in [-0.3, -0.25) is 4.79 Å². The number of anilines is 1. The molecular formula is C18H21ClN4O. The molecule has 2 aromatic rings. The van der Waals surface area contributed by atoms with Crippen LogP contribution in [0, 0.1) is 5.92 Å². The van der Waals surface area contributed by atoms with Crippen LogP contribution in [0.2, 0.25) is 5.02 Å². The summed E-state index contributed by atoms with van der Waals surface area (Å²) in [4.78, 5) is 15.0. The van der Waals surface area contributed by atoms with Crippen molar-refractivity contribution in [1.29, 1.82) is 0 Å². The Morgan fingerprint density at radius 2 is 1.83 bits per heavy atom. The molecule has 1 N–H and O–H groups in total. The summed E-state index contributed by atoms with van der Waals surface area (Å²) >= 11 is 5.90. The fourth-order valence-corrected chi connectivity index (χ4v) is 3.46. The number of amides is 1. The minimum atomic E-state index is 0.110. The second kappa shape index (κ2) is 6.57. The van der Waals surface area contributed by atoms with E-state index in [1.807, 2.05) is 30.5 Å². The second-order valence-electron chi connectivity index (χ2n) is 6.68. The second-order valence-corrected chi connectivity index (χ2v) is 7.12. The molecule has 0 unspecified atom stereocenters. The normalized spacial score (nSPS) is 19.4. The highest BCUT2D eigenvalue weighted by Crippen LogP contribution is 2.31. The molecular weight excluding hydrogens is 324 g/mol. The third-order valence-electron chi connectivity index (χ3n) is 4.90. The van der Waals surface area contributed by atoms with Crippen LogP contribution in [0.1, 0.15) is 25.7 Å². The number of aromatic nitrogens is 2. The Kier molecular flexibility index (Phi) is 4.29.